The maximum atomic E-state index is 13.0. The number of carbonyl (C=O) groups is 1. The quantitative estimate of drug-likeness (QED) is 0.906. The Morgan fingerprint density at radius 1 is 1.23 bits per heavy atom. The molecule has 1 fully saturated rings. The van der Waals surface area contributed by atoms with Crippen molar-refractivity contribution in [2.75, 3.05) is 0 Å². The summed E-state index contributed by atoms with van der Waals surface area (Å²) in [4.78, 5) is 25.3. The van der Waals surface area contributed by atoms with Crippen LogP contribution in [0.4, 0.5) is 13.2 Å². The van der Waals surface area contributed by atoms with E-state index in [0.29, 0.717) is 5.69 Å². The van der Waals surface area contributed by atoms with Crippen molar-refractivity contribution in [2.24, 2.45) is 7.05 Å². The third-order valence-electron chi connectivity index (χ3n) is 4.89. The zero-order chi connectivity index (χ0) is 19.1. The summed E-state index contributed by atoms with van der Waals surface area (Å²) in [5.74, 6) is -0.472. The zero-order valence-electron chi connectivity index (χ0n) is 14.6. The van der Waals surface area contributed by atoms with Crippen LogP contribution in [-0.2, 0) is 13.2 Å². The minimum atomic E-state index is -4.51. The van der Waals surface area contributed by atoms with Crippen LogP contribution in [0, 0.1) is 6.92 Å². The molecule has 0 unspecified atom stereocenters. The van der Waals surface area contributed by atoms with E-state index in [0.717, 1.165) is 42.5 Å². The minimum Gasteiger partial charge on any atom is -0.349 e. The molecule has 1 heterocycles. The largest absolute Gasteiger partial charge is 0.416 e. The fourth-order valence-corrected chi connectivity index (χ4v) is 3.40. The molecule has 3 rings (SSSR count). The molecule has 1 amide bonds. The first-order chi connectivity index (χ1) is 12.2. The summed E-state index contributed by atoms with van der Waals surface area (Å²) in [5, 5.41) is 2.86. The number of hydrogen-bond donors (Lipinski definition) is 1. The smallest absolute Gasteiger partial charge is 0.349 e. The molecule has 1 aromatic carbocycles. The number of hydrogen-bond acceptors (Lipinski definition) is 2. The first-order valence-corrected chi connectivity index (χ1v) is 8.47. The van der Waals surface area contributed by atoms with E-state index >= 15 is 0 Å². The molecule has 1 aliphatic rings. The van der Waals surface area contributed by atoms with Crippen LogP contribution in [0.15, 0.2) is 29.1 Å². The van der Waals surface area contributed by atoms with Crippen LogP contribution in [0.2, 0.25) is 0 Å². The van der Waals surface area contributed by atoms with Gasteiger partial charge in [-0.1, -0.05) is 18.9 Å². The van der Waals surface area contributed by atoms with E-state index in [9.17, 15) is 22.8 Å². The Balaban J connectivity index is 2.02. The third kappa shape index (κ3) is 3.27. The van der Waals surface area contributed by atoms with Crippen LogP contribution in [0.5, 0.6) is 0 Å². The molecule has 0 radical (unpaired) electrons. The van der Waals surface area contributed by atoms with Crippen LogP contribution < -0.4 is 10.9 Å². The van der Waals surface area contributed by atoms with E-state index in [1.54, 1.807) is 14.0 Å². The molecule has 8 heteroatoms. The number of alkyl halides is 3. The van der Waals surface area contributed by atoms with Crippen molar-refractivity contribution >= 4 is 5.91 Å². The lowest BCUT2D eigenvalue weighted by molar-refractivity contribution is -0.137. The topological polar surface area (TPSA) is 56.0 Å². The number of nitrogens with zero attached hydrogens (tertiary/aromatic N) is 2. The van der Waals surface area contributed by atoms with Gasteiger partial charge in [-0.3, -0.25) is 14.3 Å². The molecule has 0 bridgehead atoms. The van der Waals surface area contributed by atoms with Gasteiger partial charge in [0, 0.05) is 13.1 Å². The number of aromatic nitrogens is 2. The second-order valence-corrected chi connectivity index (χ2v) is 6.60. The highest BCUT2D eigenvalue weighted by molar-refractivity contribution is 5.95. The summed E-state index contributed by atoms with van der Waals surface area (Å²) in [6, 6.07) is 4.54. The van der Waals surface area contributed by atoms with Crippen molar-refractivity contribution < 1.29 is 18.0 Å². The van der Waals surface area contributed by atoms with E-state index in [1.807, 2.05) is 0 Å². The molecule has 0 spiro atoms. The maximum Gasteiger partial charge on any atom is 0.416 e. The second kappa shape index (κ2) is 6.66. The molecule has 1 N–H and O–H groups in total. The Bertz CT molecular complexity index is 890. The highest BCUT2D eigenvalue weighted by atomic mass is 19.4. The maximum absolute atomic E-state index is 13.0. The van der Waals surface area contributed by atoms with Crippen molar-refractivity contribution in [2.45, 2.75) is 44.8 Å². The van der Waals surface area contributed by atoms with Gasteiger partial charge in [0.25, 0.3) is 11.5 Å². The summed E-state index contributed by atoms with van der Waals surface area (Å²) in [5.41, 5.74) is -1.03. The number of halogens is 3. The predicted octanol–water partition coefficient (Wildman–Crippen LogP) is 3.18. The monoisotopic (exact) mass is 367 g/mol. The molecular weight excluding hydrogens is 347 g/mol. The van der Waals surface area contributed by atoms with Gasteiger partial charge in [-0.05, 0) is 38.0 Å². The summed E-state index contributed by atoms with van der Waals surface area (Å²) in [7, 11) is 1.54. The average Bonchev–Trinajstić information content (AvgIpc) is 3.14. The van der Waals surface area contributed by atoms with Gasteiger partial charge in [0.2, 0.25) is 0 Å². The summed E-state index contributed by atoms with van der Waals surface area (Å²) in [6.45, 7) is 1.61. The van der Waals surface area contributed by atoms with Gasteiger partial charge in [0.05, 0.1) is 16.9 Å². The average molecular weight is 367 g/mol. The molecular formula is C18H20F3N3O2. The molecule has 140 valence electrons. The van der Waals surface area contributed by atoms with Crippen molar-refractivity contribution in [3.8, 4) is 5.69 Å². The molecule has 2 aromatic rings. The predicted molar refractivity (Wildman–Crippen MR) is 90.5 cm³/mol. The molecule has 26 heavy (non-hydrogen) atoms. The zero-order valence-corrected chi connectivity index (χ0v) is 14.6. The molecule has 5 nitrogen and oxygen atoms in total. The van der Waals surface area contributed by atoms with Crippen LogP contribution >= 0.6 is 0 Å². The number of rotatable bonds is 3. The Kier molecular flexibility index (Phi) is 4.68. The van der Waals surface area contributed by atoms with Gasteiger partial charge >= 0.3 is 6.18 Å². The van der Waals surface area contributed by atoms with E-state index in [4.69, 9.17) is 0 Å². The summed E-state index contributed by atoms with van der Waals surface area (Å²) in [6.07, 6.45) is -0.693. The molecule has 0 saturated heterocycles. The summed E-state index contributed by atoms with van der Waals surface area (Å²) >= 11 is 0. The van der Waals surface area contributed by atoms with Gasteiger partial charge in [0.1, 0.15) is 5.56 Å². The van der Waals surface area contributed by atoms with Gasteiger partial charge < -0.3 is 5.32 Å². The molecule has 1 aliphatic carbocycles. The highest BCUT2D eigenvalue weighted by Crippen LogP contribution is 2.30. The third-order valence-corrected chi connectivity index (χ3v) is 4.89. The fraction of sp³-hybridized carbons (Fsp3) is 0.444. The van der Waals surface area contributed by atoms with Crippen LogP contribution in [-0.4, -0.2) is 21.3 Å². The standard InChI is InChI=1S/C18H20F3N3O2/c1-11-15(16(25)22-13-7-3-4-8-13)17(26)24(23(11)2)14-9-5-6-12(10-14)18(19,20)21/h5-6,9-10,13H,3-4,7-8H2,1-2H3,(H,22,25). The molecule has 1 saturated carbocycles. The fourth-order valence-electron chi connectivity index (χ4n) is 3.40. The first kappa shape index (κ1) is 18.3. The van der Waals surface area contributed by atoms with Crippen LogP contribution in [0.25, 0.3) is 5.69 Å². The summed E-state index contributed by atoms with van der Waals surface area (Å²) < 4.78 is 41.4. The Morgan fingerprint density at radius 2 is 1.88 bits per heavy atom. The Labute approximate surface area is 148 Å². The SMILES string of the molecule is Cc1c(C(=O)NC2CCCC2)c(=O)n(-c2cccc(C(F)(F)F)c2)n1C. The van der Waals surface area contributed by atoms with E-state index < -0.39 is 23.2 Å². The lowest BCUT2D eigenvalue weighted by Crippen LogP contribution is -2.36. The Morgan fingerprint density at radius 3 is 2.50 bits per heavy atom. The van der Waals surface area contributed by atoms with E-state index in [-0.39, 0.29) is 17.3 Å². The van der Waals surface area contributed by atoms with Crippen LogP contribution in [0.3, 0.4) is 0 Å². The van der Waals surface area contributed by atoms with Gasteiger partial charge in [-0.15, -0.1) is 0 Å². The number of nitrogens with one attached hydrogen (secondary N) is 1. The van der Waals surface area contributed by atoms with Gasteiger partial charge in [-0.25, -0.2) is 4.68 Å². The van der Waals surface area contributed by atoms with Gasteiger partial charge in [0.15, 0.2) is 0 Å². The first-order valence-electron chi connectivity index (χ1n) is 8.47. The number of benzene rings is 1. The van der Waals surface area contributed by atoms with Crippen LogP contribution in [0.1, 0.15) is 47.3 Å². The Hall–Kier alpha value is -2.51. The van der Waals surface area contributed by atoms with Crippen molar-refractivity contribution in [3.63, 3.8) is 0 Å². The van der Waals surface area contributed by atoms with Crippen molar-refractivity contribution in [3.05, 3.63) is 51.4 Å². The van der Waals surface area contributed by atoms with Gasteiger partial charge in [-0.2, -0.15) is 13.2 Å². The normalized spacial score (nSPS) is 15.4. The second-order valence-electron chi connectivity index (χ2n) is 6.60. The highest BCUT2D eigenvalue weighted by Gasteiger charge is 2.31. The molecule has 0 aliphatic heterocycles. The number of carbonyl (C=O) groups excluding carboxylic acids is 1. The van der Waals surface area contributed by atoms with Crippen molar-refractivity contribution in [1.82, 2.24) is 14.7 Å². The minimum absolute atomic E-state index is 0.0307. The van der Waals surface area contributed by atoms with Crippen molar-refractivity contribution in [1.29, 1.82) is 0 Å². The molecule has 1 aromatic heterocycles. The molecule has 0 atom stereocenters. The lowest BCUT2D eigenvalue weighted by atomic mass is 10.2. The van der Waals surface area contributed by atoms with E-state index in [1.165, 1.54) is 16.8 Å². The van der Waals surface area contributed by atoms with E-state index in [2.05, 4.69) is 5.32 Å². The lowest BCUT2D eigenvalue weighted by Gasteiger charge is -2.11. The number of amides is 1.